The second-order valence-electron chi connectivity index (χ2n) is 4.04. The molecule has 0 fully saturated rings. The molecule has 0 heterocycles. The number of methoxy groups -OCH3 is 1. The van der Waals surface area contributed by atoms with E-state index in [2.05, 4.69) is 26.0 Å². The molecular weight excluding hydrogens is 298 g/mol. The molecule has 1 aromatic carbocycles. The minimum absolute atomic E-state index is 0.242. The smallest absolute Gasteiger partial charge is 0.140 e. The molecule has 1 aromatic rings. The Bertz CT molecular complexity index is 424. The summed E-state index contributed by atoms with van der Waals surface area (Å²) in [4.78, 5) is 2.09. The van der Waals surface area contributed by atoms with Crippen LogP contribution in [0.4, 0.5) is 0 Å². The fourth-order valence-electron chi connectivity index (χ4n) is 1.52. The monoisotopic (exact) mass is 315 g/mol. The molecule has 5 nitrogen and oxygen atoms in total. The number of hydrogen-bond donors (Lipinski definition) is 2. The first-order valence-electron chi connectivity index (χ1n) is 5.54. The van der Waals surface area contributed by atoms with Crippen molar-refractivity contribution >= 4 is 21.8 Å². The molecule has 0 aromatic heterocycles. The van der Waals surface area contributed by atoms with Crippen molar-refractivity contribution in [2.75, 3.05) is 20.7 Å². The zero-order valence-electron chi connectivity index (χ0n) is 10.6. The van der Waals surface area contributed by atoms with Gasteiger partial charge in [-0.25, -0.2) is 0 Å². The van der Waals surface area contributed by atoms with Gasteiger partial charge in [0.05, 0.1) is 7.11 Å². The molecule has 100 valence electrons. The third kappa shape index (κ3) is 4.54. The van der Waals surface area contributed by atoms with E-state index >= 15 is 0 Å². The molecule has 6 heteroatoms. The molecule has 0 unspecified atom stereocenters. The molecule has 3 N–H and O–H groups in total. The van der Waals surface area contributed by atoms with Crippen molar-refractivity contribution in [3.63, 3.8) is 0 Å². The number of rotatable bonds is 6. The average molecular weight is 316 g/mol. The second kappa shape index (κ2) is 7.23. The van der Waals surface area contributed by atoms with E-state index in [1.165, 1.54) is 0 Å². The quantitative estimate of drug-likeness (QED) is 0.365. The molecule has 18 heavy (non-hydrogen) atoms. The van der Waals surface area contributed by atoms with Gasteiger partial charge >= 0.3 is 0 Å². The van der Waals surface area contributed by atoms with Crippen LogP contribution in [-0.2, 0) is 6.54 Å². The van der Waals surface area contributed by atoms with Crippen molar-refractivity contribution in [3.05, 3.63) is 28.2 Å². The van der Waals surface area contributed by atoms with Crippen LogP contribution in [-0.4, -0.2) is 36.6 Å². The molecule has 0 saturated carbocycles. The third-order valence-electron chi connectivity index (χ3n) is 2.57. The number of hydrogen-bond acceptors (Lipinski definition) is 4. The molecule has 1 rings (SSSR count). The van der Waals surface area contributed by atoms with Gasteiger partial charge in [0.15, 0.2) is 0 Å². The number of halogens is 1. The van der Waals surface area contributed by atoms with E-state index in [0.29, 0.717) is 6.42 Å². The molecule has 0 amide bonds. The first-order valence-corrected chi connectivity index (χ1v) is 6.33. The van der Waals surface area contributed by atoms with E-state index in [1.807, 2.05) is 25.2 Å². The van der Waals surface area contributed by atoms with E-state index in [1.54, 1.807) is 7.11 Å². The van der Waals surface area contributed by atoms with Crippen molar-refractivity contribution in [2.45, 2.75) is 13.0 Å². The molecule has 0 aliphatic heterocycles. The Morgan fingerprint density at radius 3 is 2.89 bits per heavy atom. The number of amidine groups is 1. The molecule has 0 atom stereocenters. The van der Waals surface area contributed by atoms with Crippen molar-refractivity contribution in [1.29, 1.82) is 0 Å². The van der Waals surface area contributed by atoms with Gasteiger partial charge in [0.2, 0.25) is 0 Å². The van der Waals surface area contributed by atoms with Crippen LogP contribution in [0.15, 0.2) is 27.8 Å². The molecule has 0 aliphatic carbocycles. The number of oxime groups is 1. The van der Waals surface area contributed by atoms with Gasteiger partial charge in [0.25, 0.3) is 0 Å². The maximum absolute atomic E-state index is 8.47. The van der Waals surface area contributed by atoms with Gasteiger partial charge in [-0.3, -0.25) is 0 Å². The van der Waals surface area contributed by atoms with Crippen LogP contribution in [0.25, 0.3) is 0 Å². The summed E-state index contributed by atoms with van der Waals surface area (Å²) in [6, 6.07) is 5.86. The normalized spacial score (nSPS) is 11.9. The fourth-order valence-corrected chi connectivity index (χ4v) is 1.90. The summed E-state index contributed by atoms with van der Waals surface area (Å²) in [5.41, 5.74) is 6.57. The molecule has 0 spiro atoms. The van der Waals surface area contributed by atoms with Gasteiger partial charge in [0, 0.05) is 24.0 Å². The molecule has 0 aliphatic rings. The Morgan fingerprint density at radius 2 is 2.28 bits per heavy atom. The summed E-state index contributed by atoms with van der Waals surface area (Å²) in [5.74, 6) is 1.07. The summed E-state index contributed by atoms with van der Waals surface area (Å²) < 4.78 is 6.24. The maximum Gasteiger partial charge on any atom is 0.140 e. The van der Waals surface area contributed by atoms with E-state index in [-0.39, 0.29) is 5.84 Å². The minimum atomic E-state index is 0.242. The van der Waals surface area contributed by atoms with Gasteiger partial charge in [-0.1, -0.05) is 21.1 Å². The Labute approximate surface area is 115 Å². The van der Waals surface area contributed by atoms with E-state index in [9.17, 15) is 0 Å². The van der Waals surface area contributed by atoms with Gasteiger partial charge in [-0.15, -0.1) is 0 Å². The summed E-state index contributed by atoms with van der Waals surface area (Å²) >= 11 is 3.51. The minimum Gasteiger partial charge on any atom is -0.497 e. The zero-order valence-corrected chi connectivity index (χ0v) is 12.1. The largest absolute Gasteiger partial charge is 0.497 e. The lowest BCUT2D eigenvalue weighted by atomic mass is 10.2. The van der Waals surface area contributed by atoms with Gasteiger partial charge in [0.1, 0.15) is 11.6 Å². The molecule has 0 bridgehead atoms. The van der Waals surface area contributed by atoms with Gasteiger partial charge in [-0.2, -0.15) is 0 Å². The molecular formula is C12H18BrN3O2. The lowest BCUT2D eigenvalue weighted by molar-refractivity contribution is 0.309. The Morgan fingerprint density at radius 1 is 1.56 bits per heavy atom. The SMILES string of the molecule is COc1ccc(Br)c(CN(C)CCC(N)=NO)c1. The standard InChI is InChI=1S/C12H18BrN3O2/c1-16(6-5-12(14)15-17)8-9-7-10(18-2)3-4-11(9)13/h3-4,7,17H,5-6,8H2,1-2H3,(H2,14,15). The first kappa shape index (κ1) is 14.8. The van der Waals surface area contributed by atoms with Crippen molar-refractivity contribution in [1.82, 2.24) is 4.90 Å². The maximum atomic E-state index is 8.47. The number of nitrogens with two attached hydrogens (primary N) is 1. The highest BCUT2D eigenvalue weighted by atomic mass is 79.9. The third-order valence-corrected chi connectivity index (χ3v) is 3.34. The highest BCUT2D eigenvalue weighted by Crippen LogP contribution is 2.23. The van der Waals surface area contributed by atoms with Crippen LogP contribution in [0.5, 0.6) is 5.75 Å². The summed E-state index contributed by atoms with van der Waals surface area (Å²) in [6.45, 7) is 1.48. The Hall–Kier alpha value is -1.27. The van der Waals surface area contributed by atoms with Crippen LogP contribution in [0.3, 0.4) is 0 Å². The average Bonchev–Trinajstić information content (AvgIpc) is 2.38. The summed E-state index contributed by atoms with van der Waals surface area (Å²) in [7, 11) is 3.63. The highest BCUT2D eigenvalue weighted by molar-refractivity contribution is 9.10. The van der Waals surface area contributed by atoms with E-state index in [4.69, 9.17) is 15.7 Å². The predicted octanol–water partition coefficient (Wildman–Crippen LogP) is 2.03. The van der Waals surface area contributed by atoms with Crippen LogP contribution in [0.1, 0.15) is 12.0 Å². The van der Waals surface area contributed by atoms with Gasteiger partial charge < -0.3 is 20.6 Å². The van der Waals surface area contributed by atoms with Crippen LogP contribution in [0.2, 0.25) is 0 Å². The van der Waals surface area contributed by atoms with Crippen molar-refractivity contribution in [3.8, 4) is 5.75 Å². The lowest BCUT2D eigenvalue weighted by Crippen LogP contribution is -2.24. The molecule has 0 saturated heterocycles. The Balaban J connectivity index is 2.60. The number of benzene rings is 1. The van der Waals surface area contributed by atoms with Crippen LogP contribution < -0.4 is 10.5 Å². The van der Waals surface area contributed by atoms with Gasteiger partial charge in [-0.05, 0) is 30.8 Å². The molecule has 0 radical (unpaired) electrons. The Kier molecular flexibility index (Phi) is 5.94. The number of ether oxygens (including phenoxy) is 1. The fraction of sp³-hybridized carbons (Fsp3) is 0.417. The van der Waals surface area contributed by atoms with Crippen LogP contribution in [0, 0.1) is 0 Å². The lowest BCUT2D eigenvalue weighted by Gasteiger charge is -2.17. The van der Waals surface area contributed by atoms with E-state index in [0.717, 1.165) is 28.9 Å². The summed E-state index contributed by atoms with van der Waals surface area (Å²) in [5, 5.41) is 11.4. The zero-order chi connectivity index (χ0) is 13.5. The predicted molar refractivity (Wildman–Crippen MR) is 75.1 cm³/mol. The summed E-state index contributed by atoms with van der Waals surface area (Å²) in [6.07, 6.45) is 0.536. The topological polar surface area (TPSA) is 71.1 Å². The highest BCUT2D eigenvalue weighted by Gasteiger charge is 2.06. The van der Waals surface area contributed by atoms with E-state index < -0.39 is 0 Å². The van der Waals surface area contributed by atoms with Crippen LogP contribution >= 0.6 is 15.9 Å². The number of nitrogens with zero attached hydrogens (tertiary/aromatic N) is 2. The second-order valence-corrected chi connectivity index (χ2v) is 4.89. The van der Waals surface area contributed by atoms with Crippen molar-refractivity contribution in [2.24, 2.45) is 10.9 Å². The first-order chi connectivity index (χ1) is 8.56. The van der Waals surface area contributed by atoms with Crippen molar-refractivity contribution < 1.29 is 9.94 Å².